The van der Waals surface area contributed by atoms with Gasteiger partial charge in [0.25, 0.3) is 0 Å². The number of aromatic nitrogens is 4. The van der Waals surface area contributed by atoms with Crippen molar-refractivity contribution in [2.24, 2.45) is 0 Å². The fourth-order valence-corrected chi connectivity index (χ4v) is 3.79. The molecular formula is C27H24N4O2. The number of para-hydroxylation sites is 1. The lowest BCUT2D eigenvalue weighted by atomic mass is 10.0. The minimum atomic E-state index is 0.392. The molecule has 0 N–H and O–H groups in total. The predicted octanol–water partition coefficient (Wildman–Crippen LogP) is 5.27. The van der Waals surface area contributed by atoms with E-state index in [2.05, 4.69) is 34.6 Å². The van der Waals surface area contributed by atoms with Gasteiger partial charge in [-0.1, -0.05) is 53.7 Å². The van der Waals surface area contributed by atoms with E-state index >= 15 is 0 Å². The number of nitrogens with zero attached hydrogens (tertiary/aromatic N) is 4. The van der Waals surface area contributed by atoms with Gasteiger partial charge in [0.2, 0.25) is 0 Å². The van der Waals surface area contributed by atoms with E-state index < -0.39 is 0 Å². The van der Waals surface area contributed by atoms with E-state index in [1.807, 2.05) is 71.5 Å². The Morgan fingerprint density at radius 2 is 1.64 bits per heavy atom. The van der Waals surface area contributed by atoms with Crippen molar-refractivity contribution in [3.8, 4) is 17.0 Å². The average molecular weight is 437 g/mol. The van der Waals surface area contributed by atoms with Gasteiger partial charge in [-0.3, -0.25) is 0 Å². The van der Waals surface area contributed by atoms with E-state index in [0.29, 0.717) is 19.8 Å². The highest BCUT2D eigenvalue weighted by Gasteiger charge is 2.09. The Morgan fingerprint density at radius 3 is 2.45 bits per heavy atom. The maximum Gasteiger partial charge on any atom is 0.118 e. The Bertz CT molecular complexity index is 1350. The van der Waals surface area contributed by atoms with Crippen LogP contribution in [-0.2, 0) is 24.5 Å². The number of fused-ring (bicyclic) bond motifs is 1. The number of methoxy groups -OCH3 is 1. The van der Waals surface area contributed by atoms with E-state index in [-0.39, 0.29) is 0 Å². The Hall–Kier alpha value is -4.03. The lowest BCUT2D eigenvalue weighted by molar-refractivity contribution is 0.105. The van der Waals surface area contributed by atoms with Gasteiger partial charge in [0.05, 0.1) is 44.3 Å². The molecule has 164 valence electrons. The number of hydrogen-bond acceptors (Lipinski definition) is 5. The van der Waals surface area contributed by atoms with Crippen molar-refractivity contribution in [1.82, 2.24) is 20.0 Å². The second-order valence-electron chi connectivity index (χ2n) is 7.80. The summed E-state index contributed by atoms with van der Waals surface area (Å²) in [6.45, 7) is 1.54. The van der Waals surface area contributed by atoms with E-state index in [1.165, 1.54) is 5.56 Å². The van der Waals surface area contributed by atoms with Crippen LogP contribution in [0.15, 0.2) is 91.1 Å². The molecule has 6 heteroatoms. The van der Waals surface area contributed by atoms with Gasteiger partial charge in [0, 0.05) is 10.9 Å². The highest BCUT2D eigenvalue weighted by atomic mass is 16.5. The van der Waals surface area contributed by atoms with Crippen LogP contribution in [-0.4, -0.2) is 27.1 Å². The van der Waals surface area contributed by atoms with Crippen LogP contribution in [0.5, 0.6) is 5.75 Å². The predicted molar refractivity (Wildman–Crippen MR) is 128 cm³/mol. The standard InChI is InChI=1S/C27H24N4O2/c1-32-24-13-11-21(12-14-24)27-15-22(25-9-5-6-10-26(25)28-27)18-33-19-23-17-31(30-29-23)16-20-7-3-2-4-8-20/h2-15,17H,16,18-19H2,1H3. The molecule has 0 aliphatic heterocycles. The van der Waals surface area contributed by atoms with Crippen LogP contribution >= 0.6 is 0 Å². The minimum absolute atomic E-state index is 0.392. The topological polar surface area (TPSA) is 62.1 Å². The highest BCUT2D eigenvalue weighted by Crippen LogP contribution is 2.27. The lowest BCUT2D eigenvalue weighted by Gasteiger charge is -2.11. The number of benzene rings is 3. The van der Waals surface area contributed by atoms with Crippen LogP contribution in [0.4, 0.5) is 0 Å². The summed E-state index contributed by atoms with van der Waals surface area (Å²) in [5, 5.41) is 9.56. The van der Waals surface area contributed by atoms with Crippen molar-refractivity contribution in [3.63, 3.8) is 0 Å². The molecule has 0 aliphatic carbocycles. The zero-order valence-corrected chi connectivity index (χ0v) is 18.4. The third kappa shape index (κ3) is 4.91. The van der Waals surface area contributed by atoms with Gasteiger partial charge in [-0.05, 0) is 47.5 Å². The molecule has 5 rings (SSSR count). The molecule has 0 saturated carbocycles. The van der Waals surface area contributed by atoms with Crippen LogP contribution in [0.3, 0.4) is 0 Å². The van der Waals surface area contributed by atoms with Crippen molar-refractivity contribution in [1.29, 1.82) is 0 Å². The number of ether oxygens (including phenoxy) is 2. The van der Waals surface area contributed by atoms with Gasteiger partial charge in [0.15, 0.2) is 0 Å². The minimum Gasteiger partial charge on any atom is -0.497 e. The third-order valence-electron chi connectivity index (χ3n) is 5.47. The van der Waals surface area contributed by atoms with E-state index in [4.69, 9.17) is 14.5 Å². The molecule has 0 bridgehead atoms. The van der Waals surface area contributed by atoms with Gasteiger partial charge >= 0.3 is 0 Å². The molecular weight excluding hydrogens is 412 g/mol. The molecule has 6 nitrogen and oxygen atoms in total. The summed E-state index contributed by atoms with van der Waals surface area (Å²) in [4.78, 5) is 4.85. The summed E-state index contributed by atoms with van der Waals surface area (Å²) in [5.41, 5.74) is 5.96. The Kier molecular flexibility index (Phi) is 6.08. The highest BCUT2D eigenvalue weighted by molar-refractivity contribution is 5.85. The lowest BCUT2D eigenvalue weighted by Crippen LogP contribution is -2.00. The summed E-state index contributed by atoms with van der Waals surface area (Å²) in [6.07, 6.45) is 1.93. The maximum absolute atomic E-state index is 6.04. The average Bonchev–Trinajstić information content (AvgIpc) is 3.31. The van der Waals surface area contributed by atoms with Crippen LogP contribution in [0.2, 0.25) is 0 Å². The molecule has 2 aromatic heterocycles. The van der Waals surface area contributed by atoms with E-state index in [1.54, 1.807) is 7.11 Å². The third-order valence-corrected chi connectivity index (χ3v) is 5.47. The smallest absolute Gasteiger partial charge is 0.118 e. The molecule has 5 aromatic rings. The molecule has 0 aliphatic rings. The normalized spacial score (nSPS) is 11.1. The quantitative estimate of drug-likeness (QED) is 0.332. The molecule has 0 saturated heterocycles. The molecule has 0 spiro atoms. The first-order valence-electron chi connectivity index (χ1n) is 10.8. The summed E-state index contributed by atoms with van der Waals surface area (Å²) >= 11 is 0. The molecule has 0 amide bonds. The first-order chi connectivity index (χ1) is 16.3. The van der Waals surface area contributed by atoms with Crippen LogP contribution in [0.1, 0.15) is 16.8 Å². The summed E-state index contributed by atoms with van der Waals surface area (Å²) in [5.74, 6) is 0.823. The van der Waals surface area contributed by atoms with Crippen molar-refractivity contribution in [3.05, 3.63) is 108 Å². The molecule has 0 radical (unpaired) electrons. The molecule has 0 unspecified atom stereocenters. The fraction of sp³-hybridized carbons (Fsp3) is 0.148. The van der Waals surface area contributed by atoms with Crippen molar-refractivity contribution in [2.45, 2.75) is 19.8 Å². The van der Waals surface area contributed by atoms with Gasteiger partial charge in [-0.2, -0.15) is 0 Å². The van der Waals surface area contributed by atoms with Gasteiger partial charge in [-0.15, -0.1) is 5.10 Å². The van der Waals surface area contributed by atoms with Crippen molar-refractivity contribution in [2.75, 3.05) is 7.11 Å². The monoisotopic (exact) mass is 436 g/mol. The van der Waals surface area contributed by atoms with Gasteiger partial charge in [-0.25, -0.2) is 9.67 Å². The molecule has 3 aromatic carbocycles. The van der Waals surface area contributed by atoms with Gasteiger partial charge in [0.1, 0.15) is 11.4 Å². The number of hydrogen-bond donors (Lipinski definition) is 0. The second kappa shape index (κ2) is 9.63. The first kappa shape index (κ1) is 20.8. The molecule has 2 heterocycles. The Balaban J connectivity index is 1.31. The molecule has 33 heavy (non-hydrogen) atoms. The van der Waals surface area contributed by atoms with E-state index in [9.17, 15) is 0 Å². The largest absolute Gasteiger partial charge is 0.497 e. The SMILES string of the molecule is COc1ccc(-c2cc(COCc3cn(Cc4ccccc4)nn3)c3ccccc3n2)cc1. The Labute approximate surface area is 192 Å². The van der Waals surface area contributed by atoms with Crippen LogP contribution in [0, 0.1) is 0 Å². The number of pyridine rings is 1. The van der Waals surface area contributed by atoms with Gasteiger partial charge < -0.3 is 9.47 Å². The summed E-state index contributed by atoms with van der Waals surface area (Å²) in [6, 6.07) is 28.4. The summed E-state index contributed by atoms with van der Waals surface area (Å²) in [7, 11) is 1.67. The summed E-state index contributed by atoms with van der Waals surface area (Å²) < 4.78 is 13.1. The van der Waals surface area contributed by atoms with Crippen molar-refractivity contribution >= 4 is 10.9 Å². The zero-order chi connectivity index (χ0) is 22.5. The molecule has 0 atom stereocenters. The van der Waals surface area contributed by atoms with E-state index in [0.717, 1.165) is 39.2 Å². The maximum atomic E-state index is 6.04. The number of rotatable bonds is 8. The van der Waals surface area contributed by atoms with Crippen LogP contribution in [0.25, 0.3) is 22.2 Å². The van der Waals surface area contributed by atoms with Crippen molar-refractivity contribution < 1.29 is 9.47 Å². The Morgan fingerprint density at radius 1 is 0.848 bits per heavy atom. The fourth-order valence-electron chi connectivity index (χ4n) is 3.79. The first-order valence-corrected chi connectivity index (χ1v) is 10.8. The molecule has 0 fully saturated rings. The second-order valence-corrected chi connectivity index (χ2v) is 7.80. The van der Waals surface area contributed by atoms with Crippen LogP contribution < -0.4 is 4.74 Å². The zero-order valence-electron chi connectivity index (χ0n) is 18.4.